The van der Waals surface area contributed by atoms with Gasteiger partial charge in [0.1, 0.15) is 6.54 Å². The van der Waals surface area contributed by atoms with Crippen molar-refractivity contribution >= 4 is 17.7 Å². The fraction of sp³-hybridized carbons (Fsp3) is 0.706. The average molecular weight is 302 g/mol. The maximum atomic E-state index is 12.6. The minimum absolute atomic E-state index is 0.0515. The Kier molecular flexibility index (Phi) is 3.31. The van der Waals surface area contributed by atoms with Gasteiger partial charge in [-0.15, -0.1) is 0 Å². The van der Waals surface area contributed by atoms with Gasteiger partial charge < -0.3 is 4.90 Å². The molecule has 2 aliphatic carbocycles. The van der Waals surface area contributed by atoms with Crippen LogP contribution in [0.2, 0.25) is 0 Å². The molecular formula is C17H22N2O3. The molecule has 22 heavy (non-hydrogen) atoms. The molecule has 3 amide bonds. The Morgan fingerprint density at radius 3 is 2.05 bits per heavy atom. The van der Waals surface area contributed by atoms with Crippen LogP contribution < -0.4 is 0 Å². The molecule has 0 aromatic heterocycles. The van der Waals surface area contributed by atoms with Crippen LogP contribution in [0.3, 0.4) is 0 Å². The monoisotopic (exact) mass is 302 g/mol. The summed E-state index contributed by atoms with van der Waals surface area (Å²) in [5, 5.41) is 0. The summed E-state index contributed by atoms with van der Waals surface area (Å²) < 4.78 is 0. The molecule has 5 heteroatoms. The molecular weight excluding hydrogens is 280 g/mol. The summed E-state index contributed by atoms with van der Waals surface area (Å²) in [6.07, 6.45) is 9.45. The normalized spacial score (nSPS) is 36.9. The van der Waals surface area contributed by atoms with E-state index < -0.39 is 0 Å². The highest BCUT2D eigenvalue weighted by Crippen LogP contribution is 2.52. The molecule has 0 radical (unpaired) electrons. The highest BCUT2D eigenvalue weighted by Gasteiger charge is 2.59. The second kappa shape index (κ2) is 5.21. The second-order valence-corrected chi connectivity index (χ2v) is 7.06. The molecule has 0 N–H and O–H groups in total. The van der Waals surface area contributed by atoms with Crippen LogP contribution in [0.5, 0.6) is 0 Å². The Labute approximate surface area is 130 Å². The summed E-state index contributed by atoms with van der Waals surface area (Å²) in [6, 6.07) is 0. The lowest BCUT2D eigenvalue weighted by molar-refractivity contribution is -0.147. The summed E-state index contributed by atoms with van der Waals surface area (Å²) in [4.78, 5) is 40.7. The van der Waals surface area contributed by atoms with Crippen molar-refractivity contribution in [1.82, 2.24) is 9.80 Å². The van der Waals surface area contributed by atoms with Gasteiger partial charge in [-0.1, -0.05) is 25.0 Å². The molecule has 4 atom stereocenters. The van der Waals surface area contributed by atoms with Gasteiger partial charge in [0.25, 0.3) is 0 Å². The zero-order chi connectivity index (χ0) is 15.3. The van der Waals surface area contributed by atoms with Crippen LogP contribution in [0.1, 0.15) is 32.1 Å². The number of hydrogen-bond donors (Lipinski definition) is 0. The number of imide groups is 1. The minimum Gasteiger partial charge on any atom is -0.341 e. The largest absolute Gasteiger partial charge is 0.341 e. The van der Waals surface area contributed by atoms with E-state index in [1.54, 1.807) is 0 Å². The predicted molar refractivity (Wildman–Crippen MR) is 79.5 cm³/mol. The first-order valence-electron chi connectivity index (χ1n) is 8.48. The van der Waals surface area contributed by atoms with E-state index in [4.69, 9.17) is 0 Å². The maximum Gasteiger partial charge on any atom is 0.242 e. The summed E-state index contributed by atoms with van der Waals surface area (Å²) in [5.41, 5.74) is 0. The van der Waals surface area contributed by atoms with E-state index >= 15 is 0 Å². The van der Waals surface area contributed by atoms with Crippen LogP contribution in [-0.2, 0) is 14.4 Å². The van der Waals surface area contributed by atoms with Crippen LogP contribution >= 0.6 is 0 Å². The number of amides is 3. The van der Waals surface area contributed by atoms with E-state index in [9.17, 15) is 14.4 Å². The maximum absolute atomic E-state index is 12.6. The summed E-state index contributed by atoms with van der Waals surface area (Å²) in [5.74, 6) is -0.262. The van der Waals surface area contributed by atoms with E-state index in [0.29, 0.717) is 0 Å². The number of carbonyl (C=O) groups excluding carboxylic acids is 3. The first-order chi connectivity index (χ1) is 10.7. The number of fused-ring (bicyclic) bond motifs is 5. The number of nitrogens with zero attached hydrogens (tertiary/aromatic N) is 2. The van der Waals surface area contributed by atoms with Gasteiger partial charge in [-0.25, -0.2) is 0 Å². The number of likely N-dealkylation sites (tertiary alicyclic amines) is 2. The molecule has 5 nitrogen and oxygen atoms in total. The van der Waals surface area contributed by atoms with Gasteiger partial charge in [-0.2, -0.15) is 0 Å². The number of allylic oxidation sites excluding steroid dienone is 2. The first kappa shape index (κ1) is 14.0. The highest BCUT2D eigenvalue weighted by molar-refractivity contribution is 6.08. The molecule has 0 spiro atoms. The molecule has 4 aliphatic rings. The second-order valence-electron chi connectivity index (χ2n) is 7.06. The van der Waals surface area contributed by atoms with E-state index in [0.717, 1.165) is 45.2 Å². The summed E-state index contributed by atoms with van der Waals surface area (Å²) in [6.45, 7) is 1.47. The Balaban J connectivity index is 1.46. The van der Waals surface area contributed by atoms with Crippen LogP contribution in [-0.4, -0.2) is 47.2 Å². The van der Waals surface area contributed by atoms with Crippen molar-refractivity contribution in [2.75, 3.05) is 19.6 Å². The summed E-state index contributed by atoms with van der Waals surface area (Å²) >= 11 is 0. The molecule has 118 valence electrons. The molecule has 1 saturated carbocycles. The molecule has 3 fully saturated rings. The third-order valence-corrected chi connectivity index (χ3v) is 5.81. The number of carbonyl (C=O) groups is 3. The summed E-state index contributed by atoms with van der Waals surface area (Å²) in [7, 11) is 0. The third-order valence-electron chi connectivity index (χ3n) is 5.81. The van der Waals surface area contributed by atoms with Crippen molar-refractivity contribution in [2.45, 2.75) is 32.1 Å². The Hall–Kier alpha value is -1.65. The average Bonchev–Trinajstić information content (AvgIpc) is 3.09. The van der Waals surface area contributed by atoms with Crippen LogP contribution in [0.15, 0.2) is 12.2 Å². The third kappa shape index (κ3) is 2.02. The van der Waals surface area contributed by atoms with Gasteiger partial charge in [0, 0.05) is 13.1 Å². The minimum atomic E-state index is -0.195. The van der Waals surface area contributed by atoms with Gasteiger partial charge in [-0.05, 0) is 31.1 Å². The lowest BCUT2D eigenvalue weighted by atomic mass is 9.85. The van der Waals surface area contributed by atoms with Crippen molar-refractivity contribution in [3.63, 3.8) is 0 Å². The molecule has 0 unspecified atom stereocenters. The predicted octanol–water partition coefficient (Wildman–Crippen LogP) is 1.20. The van der Waals surface area contributed by atoms with Crippen molar-refractivity contribution in [1.29, 1.82) is 0 Å². The quantitative estimate of drug-likeness (QED) is 0.569. The van der Waals surface area contributed by atoms with Gasteiger partial charge in [0.15, 0.2) is 0 Å². The Morgan fingerprint density at radius 1 is 0.955 bits per heavy atom. The van der Waals surface area contributed by atoms with Gasteiger partial charge in [-0.3, -0.25) is 19.3 Å². The number of hydrogen-bond acceptors (Lipinski definition) is 3. The fourth-order valence-electron chi connectivity index (χ4n) is 4.68. The zero-order valence-corrected chi connectivity index (χ0v) is 12.7. The molecule has 4 rings (SSSR count). The van der Waals surface area contributed by atoms with Crippen LogP contribution in [0, 0.1) is 23.7 Å². The first-order valence-corrected chi connectivity index (χ1v) is 8.48. The highest BCUT2D eigenvalue weighted by atomic mass is 16.2. The topological polar surface area (TPSA) is 57.7 Å². The van der Waals surface area contributed by atoms with Crippen molar-refractivity contribution in [3.05, 3.63) is 12.2 Å². The Bertz CT molecular complexity index is 518. The van der Waals surface area contributed by atoms with Gasteiger partial charge >= 0.3 is 0 Å². The zero-order valence-electron chi connectivity index (χ0n) is 12.7. The molecule has 2 aliphatic heterocycles. The van der Waals surface area contributed by atoms with Crippen molar-refractivity contribution in [2.24, 2.45) is 23.7 Å². The van der Waals surface area contributed by atoms with Crippen molar-refractivity contribution < 1.29 is 14.4 Å². The van der Waals surface area contributed by atoms with Gasteiger partial charge in [0.05, 0.1) is 11.8 Å². The molecule has 2 heterocycles. The molecule has 2 bridgehead atoms. The number of rotatable bonds is 2. The SMILES string of the molecule is O=C(CN1C(=O)[C@@H]2[C@H](C1=O)[C@H]1C=C[C@H]2C1)N1CCCCCC1. The molecule has 2 saturated heterocycles. The van der Waals surface area contributed by atoms with E-state index in [1.807, 2.05) is 4.90 Å². The van der Waals surface area contributed by atoms with Crippen LogP contribution in [0.4, 0.5) is 0 Å². The van der Waals surface area contributed by atoms with Crippen LogP contribution in [0.25, 0.3) is 0 Å². The fourth-order valence-corrected chi connectivity index (χ4v) is 4.68. The lowest BCUT2D eigenvalue weighted by Crippen LogP contribution is -2.44. The van der Waals surface area contributed by atoms with Crippen molar-refractivity contribution in [3.8, 4) is 0 Å². The smallest absolute Gasteiger partial charge is 0.242 e. The van der Waals surface area contributed by atoms with E-state index in [2.05, 4.69) is 12.2 Å². The Morgan fingerprint density at radius 2 is 1.50 bits per heavy atom. The van der Waals surface area contributed by atoms with E-state index in [1.165, 1.54) is 4.90 Å². The molecule has 0 aromatic carbocycles. The molecule has 0 aromatic rings. The van der Waals surface area contributed by atoms with E-state index in [-0.39, 0.29) is 47.9 Å². The lowest BCUT2D eigenvalue weighted by Gasteiger charge is -2.24. The standard InChI is InChI=1S/C17H22N2O3/c20-13(18-7-3-1-2-4-8-18)10-19-16(21)14-11-5-6-12(9-11)15(14)17(19)22/h5-6,11-12,14-15H,1-4,7-10H2/t11-,12-,14-,15+/m0/s1. The van der Waals surface area contributed by atoms with Gasteiger partial charge in [0.2, 0.25) is 17.7 Å².